The number of rotatable bonds is 4. The Morgan fingerprint density at radius 1 is 1.26 bits per heavy atom. The van der Waals surface area contributed by atoms with Gasteiger partial charge in [0, 0.05) is 12.0 Å². The zero-order valence-corrected chi connectivity index (χ0v) is 13.4. The first-order chi connectivity index (χ1) is 10.9. The summed E-state index contributed by atoms with van der Waals surface area (Å²) in [4.78, 5) is 16.1. The highest BCUT2D eigenvalue weighted by Gasteiger charge is 2.18. The van der Waals surface area contributed by atoms with Crippen LogP contribution >= 0.6 is 0 Å². The van der Waals surface area contributed by atoms with Gasteiger partial charge in [0.15, 0.2) is 11.5 Å². The highest BCUT2D eigenvalue weighted by Crippen LogP contribution is 2.35. The number of amides is 1. The number of hydrogen-bond donors (Lipinski definition) is 1. The van der Waals surface area contributed by atoms with Crippen molar-refractivity contribution in [1.82, 2.24) is 15.5 Å². The molecule has 23 heavy (non-hydrogen) atoms. The smallest absolute Gasteiger partial charge is 0.246 e. The normalized spacial score (nSPS) is 13.2. The fraction of sp³-hybridized carbons (Fsp3) is 0.438. The fourth-order valence-corrected chi connectivity index (χ4v) is 2.20. The van der Waals surface area contributed by atoms with Crippen LogP contribution in [0, 0.1) is 5.41 Å². The summed E-state index contributed by atoms with van der Waals surface area (Å²) in [5, 5.41) is 6.71. The molecular weight excluding hydrogens is 298 g/mol. The van der Waals surface area contributed by atoms with Gasteiger partial charge in [0.05, 0.1) is 6.54 Å². The van der Waals surface area contributed by atoms with Crippen molar-refractivity contribution in [2.75, 3.05) is 6.79 Å². The zero-order valence-electron chi connectivity index (χ0n) is 13.4. The number of ether oxygens (including phenoxy) is 2. The van der Waals surface area contributed by atoms with E-state index >= 15 is 0 Å². The number of carbonyl (C=O) groups excluding carboxylic acids is 1. The van der Waals surface area contributed by atoms with Crippen LogP contribution in [0.4, 0.5) is 0 Å². The Labute approximate surface area is 134 Å². The van der Waals surface area contributed by atoms with Crippen LogP contribution in [0.15, 0.2) is 22.7 Å². The summed E-state index contributed by atoms with van der Waals surface area (Å²) in [6.07, 6.45) is 0.441. The molecule has 0 saturated carbocycles. The van der Waals surface area contributed by atoms with Crippen LogP contribution in [-0.4, -0.2) is 22.8 Å². The summed E-state index contributed by atoms with van der Waals surface area (Å²) in [6, 6.07) is 5.44. The summed E-state index contributed by atoms with van der Waals surface area (Å²) in [5.74, 6) is 2.13. The van der Waals surface area contributed by atoms with E-state index in [9.17, 15) is 4.79 Å². The van der Waals surface area contributed by atoms with E-state index in [1.54, 1.807) is 12.1 Å². The van der Waals surface area contributed by atoms with E-state index in [2.05, 4.69) is 15.5 Å². The van der Waals surface area contributed by atoms with Crippen molar-refractivity contribution >= 4 is 5.91 Å². The van der Waals surface area contributed by atoms with Gasteiger partial charge in [0.2, 0.25) is 24.4 Å². The Morgan fingerprint density at radius 3 is 2.83 bits per heavy atom. The number of hydrogen-bond acceptors (Lipinski definition) is 6. The van der Waals surface area contributed by atoms with Gasteiger partial charge < -0.3 is 19.3 Å². The molecule has 1 aliphatic rings. The third kappa shape index (κ3) is 3.80. The second-order valence-corrected chi connectivity index (χ2v) is 6.59. The predicted octanol–water partition coefficient (Wildman–Crippen LogP) is 2.52. The summed E-state index contributed by atoms with van der Waals surface area (Å²) in [6.45, 7) is 6.47. The minimum Gasteiger partial charge on any atom is -0.454 e. The molecule has 1 amide bonds. The third-order valence-corrected chi connectivity index (χ3v) is 3.23. The van der Waals surface area contributed by atoms with Crippen molar-refractivity contribution in [2.45, 2.75) is 33.7 Å². The first-order valence-corrected chi connectivity index (χ1v) is 7.40. The van der Waals surface area contributed by atoms with E-state index in [1.165, 1.54) is 0 Å². The molecule has 1 aromatic carbocycles. The lowest BCUT2D eigenvalue weighted by Crippen LogP contribution is -2.27. The lowest BCUT2D eigenvalue weighted by Gasteiger charge is -2.16. The number of aromatic nitrogens is 2. The number of carbonyl (C=O) groups is 1. The third-order valence-electron chi connectivity index (χ3n) is 3.23. The molecule has 1 N–H and O–H groups in total. The molecule has 2 heterocycles. The molecule has 0 aliphatic carbocycles. The molecular formula is C16H19N3O4. The van der Waals surface area contributed by atoms with Gasteiger partial charge in [-0.25, -0.2) is 0 Å². The van der Waals surface area contributed by atoms with Gasteiger partial charge in [-0.1, -0.05) is 25.9 Å². The van der Waals surface area contributed by atoms with Crippen LogP contribution in [0.5, 0.6) is 11.5 Å². The highest BCUT2D eigenvalue weighted by molar-refractivity contribution is 5.76. The zero-order chi connectivity index (χ0) is 16.4. The average Bonchev–Trinajstić information content (AvgIpc) is 3.11. The lowest BCUT2D eigenvalue weighted by molar-refractivity contribution is -0.123. The molecule has 0 unspecified atom stereocenters. The molecule has 1 aliphatic heterocycles. The number of nitrogens with one attached hydrogen (secondary N) is 1. The first-order valence-electron chi connectivity index (χ1n) is 7.40. The van der Waals surface area contributed by atoms with Gasteiger partial charge >= 0.3 is 0 Å². The highest BCUT2D eigenvalue weighted by atomic mass is 16.7. The SMILES string of the molecule is CC(C)(C)CC(=O)NCc1nc(-c2ccc3c(c2)OCO3)no1. The maximum absolute atomic E-state index is 11.8. The quantitative estimate of drug-likeness (QED) is 0.932. The van der Waals surface area contributed by atoms with Crippen LogP contribution in [0.25, 0.3) is 11.4 Å². The fourth-order valence-electron chi connectivity index (χ4n) is 2.20. The van der Waals surface area contributed by atoms with E-state index in [0.717, 1.165) is 5.56 Å². The molecule has 7 nitrogen and oxygen atoms in total. The van der Waals surface area contributed by atoms with Crippen molar-refractivity contribution in [3.05, 3.63) is 24.1 Å². The second kappa shape index (κ2) is 5.91. The molecule has 2 aromatic rings. The van der Waals surface area contributed by atoms with Crippen molar-refractivity contribution < 1.29 is 18.8 Å². The summed E-state index contributed by atoms with van der Waals surface area (Å²) in [7, 11) is 0. The van der Waals surface area contributed by atoms with Crippen LogP contribution < -0.4 is 14.8 Å². The van der Waals surface area contributed by atoms with Gasteiger partial charge in [0.25, 0.3) is 0 Å². The van der Waals surface area contributed by atoms with Crippen molar-refractivity contribution in [2.24, 2.45) is 5.41 Å². The van der Waals surface area contributed by atoms with Gasteiger partial charge in [-0.15, -0.1) is 0 Å². The van der Waals surface area contributed by atoms with E-state index in [0.29, 0.717) is 29.6 Å². The molecule has 0 radical (unpaired) electrons. The summed E-state index contributed by atoms with van der Waals surface area (Å²) >= 11 is 0. The van der Waals surface area contributed by atoms with Crippen molar-refractivity contribution in [3.8, 4) is 22.9 Å². The predicted molar refractivity (Wildman–Crippen MR) is 81.8 cm³/mol. The maximum atomic E-state index is 11.8. The topological polar surface area (TPSA) is 86.5 Å². The first kappa shape index (κ1) is 15.3. The second-order valence-electron chi connectivity index (χ2n) is 6.59. The van der Waals surface area contributed by atoms with E-state index in [1.807, 2.05) is 26.8 Å². The van der Waals surface area contributed by atoms with Crippen LogP contribution in [0.2, 0.25) is 0 Å². The maximum Gasteiger partial charge on any atom is 0.246 e. The number of fused-ring (bicyclic) bond motifs is 1. The number of nitrogens with zero attached hydrogens (tertiary/aromatic N) is 2. The van der Waals surface area contributed by atoms with Crippen molar-refractivity contribution in [3.63, 3.8) is 0 Å². The Bertz CT molecular complexity index is 718. The largest absolute Gasteiger partial charge is 0.454 e. The Morgan fingerprint density at radius 2 is 2.04 bits per heavy atom. The van der Waals surface area contributed by atoms with Gasteiger partial charge in [-0.05, 0) is 23.6 Å². The van der Waals surface area contributed by atoms with Gasteiger partial charge in [0.1, 0.15) is 0 Å². The van der Waals surface area contributed by atoms with Crippen molar-refractivity contribution in [1.29, 1.82) is 0 Å². The Kier molecular flexibility index (Phi) is 3.94. The molecule has 0 fully saturated rings. The van der Waals surface area contributed by atoms with Gasteiger partial charge in [-0.3, -0.25) is 4.79 Å². The molecule has 0 bridgehead atoms. The molecule has 7 heteroatoms. The van der Waals surface area contributed by atoms with E-state index in [-0.39, 0.29) is 24.7 Å². The van der Waals surface area contributed by atoms with Gasteiger partial charge in [-0.2, -0.15) is 4.98 Å². The molecule has 1 aromatic heterocycles. The van der Waals surface area contributed by atoms with E-state index in [4.69, 9.17) is 14.0 Å². The molecule has 0 spiro atoms. The standard InChI is InChI=1S/C16H19N3O4/c1-16(2,3)7-13(20)17-8-14-18-15(19-23-14)10-4-5-11-12(6-10)22-9-21-11/h4-6H,7-9H2,1-3H3,(H,17,20). The number of benzene rings is 1. The summed E-state index contributed by atoms with van der Waals surface area (Å²) in [5.41, 5.74) is 0.710. The Balaban J connectivity index is 1.63. The average molecular weight is 317 g/mol. The van der Waals surface area contributed by atoms with Crippen LogP contribution in [0.3, 0.4) is 0 Å². The monoisotopic (exact) mass is 317 g/mol. The minimum atomic E-state index is -0.0590. The molecule has 122 valence electrons. The molecule has 0 saturated heterocycles. The van der Waals surface area contributed by atoms with Crippen LogP contribution in [0.1, 0.15) is 33.1 Å². The molecule has 3 rings (SSSR count). The summed E-state index contributed by atoms with van der Waals surface area (Å²) < 4.78 is 15.8. The van der Waals surface area contributed by atoms with Crippen LogP contribution in [-0.2, 0) is 11.3 Å². The lowest BCUT2D eigenvalue weighted by atomic mass is 9.92. The molecule has 0 atom stereocenters. The minimum absolute atomic E-state index is 0.0414. The Hall–Kier alpha value is -2.57. The van der Waals surface area contributed by atoms with E-state index < -0.39 is 0 Å².